The van der Waals surface area contributed by atoms with Crippen molar-refractivity contribution in [1.82, 2.24) is 5.10 Å². The van der Waals surface area contributed by atoms with Crippen molar-refractivity contribution in [3.05, 3.63) is 16.4 Å². The van der Waals surface area contributed by atoms with Crippen molar-refractivity contribution >= 4 is 16.5 Å². The number of anilines is 1. The molecular weight excluding hydrogens is 184 g/mol. The van der Waals surface area contributed by atoms with Crippen molar-refractivity contribution in [3.63, 3.8) is 0 Å². The minimum absolute atomic E-state index is 0.527. The lowest BCUT2D eigenvalue weighted by molar-refractivity contribution is -0.729. The van der Waals surface area contributed by atoms with Crippen LogP contribution in [-0.2, 0) is 7.05 Å². The van der Waals surface area contributed by atoms with E-state index in [2.05, 4.69) is 9.94 Å². The fourth-order valence-electron chi connectivity index (χ4n) is 0.867. The largest absolute Gasteiger partial charge is 0.339 e. The first kappa shape index (κ1) is 9.93. The fourth-order valence-corrected chi connectivity index (χ4v) is 1.71. The summed E-state index contributed by atoms with van der Waals surface area (Å²) in [5.74, 6) is 0. The molecule has 13 heavy (non-hydrogen) atoms. The Kier molecular flexibility index (Phi) is 3.20. The molecule has 0 unspecified atom stereocenters. The first-order valence-corrected chi connectivity index (χ1v) is 4.85. The minimum Gasteiger partial charge on any atom is -0.339 e. The first-order chi connectivity index (χ1) is 6.15. The van der Waals surface area contributed by atoms with Gasteiger partial charge >= 0.3 is 0 Å². The molecule has 1 heterocycles. The Morgan fingerprint density at radius 3 is 2.85 bits per heavy atom. The quantitative estimate of drug-likeness (QED) is 0.524. The summed E-state index contributed by atoms with van der Waals surface area (Å²) in [6.07, 6.45) is 0. The van der Waals surface area contributed by atoms with Gasteiger partial charge in [0.1, 0.15) is 0 Å². The lowest BCUT2D eigenvalue weighted by Crippen LogP contribution is -2.33. The van der Waals surface area contributed by atoms with Gasteiger partial charge in [0.25, 0.3) is 10.1 Å². The van der Waals surface area contributed by atoms with Crippen molar-refractivity contribution in [2.45, 2.75) is 6.92 Å². The molecule has 0 aliphatic rings. The predicted octanol–water partition coefficient (Wildman–Crippen LogP) is 0.632. The normalized spacial score (nSPS) is 9.69. The van der Waals surface area contributed by atoms with Crippen LogP contribution in [-0.4, -0.2) is 25.2 Å². The highest BCUT2D eigenvalue weighted by atomic mass is 32.1. The average Bonchev–Trinajstić information content (AvgIpc) is 2.43. The summed E-state index contributed by atoms with van der Waals surface area (Å²) in [5, 5.41) is 6.47. The van der Waals surface area contributed by atoms with Crippen molar-refractivity contribution in [2.24, 2.45) is 7.05 Å². The van der Waals surface area contributed by atoms with E-state index in [0.717, 1.165) is 11.7 Å². The molecule has 0 aliphatic carbocycles. The van der Waals surface area contributed by atoms with Crippen LogP contribution in [0.3, 0.4) is 0 Å². The average molecular weight is 197 g/mol. The fraction of sp³-hybridized carbons (Fsp3) is 0.625. The highest BCUT2D eigenvalue weighted by Gasteiger charge is 2.14. The first-order valence-electron chi connectivity index (χ1n) is 4.03. The lowest BCUT2D eigenvalue weighted by atomic mass is 10.6. The molecule has 0 fully saturated rings. The number of aryl methyl sites for hydroxylation is 2. The summed E-state index contributed by atoms with van der Waals surface area (Å²) in [5.41, 5.74) is 0. The molecule has 0 aliphatic heterocycles. The third-order valence-corrected chi connectivity index (χ3v) is 2.94. The topological polar surface area (TPSA) is 24.4 Å². The van der Waals surface area contributed by atoms with Crippen LogP contribution >= 0.6 is 11.3 Å². The minimum atomic E-state index is 0.527. The zero-order chi connectivity index (χ0) is 9.84. The van der Waals surface area contributed by atoms with E-state index in [-0.39, 0.29) is 0 Å². The van der Waals surface area contributed by atoms with Crippen molar-refractivity contribution in [3.8, 4) is 0 Å². The Balaban J connectivity index is 2.67. The standard InChI is InChI=1S/C8H13N4S/c1-7-12(4)10-8(13-7)11(3)6-5-9-2/h5-6H2,1,3-4H3/q+1. The Hall–Kier alpha value is -1.15. The highest BCUT2D eigenvalue weighted by Crippen LogP contribution is 2.15. The second-order valence-electron chi connectivity index (χ2n) is 2.83. The summed E-state index contributed by atoms with van der Waals surface area (Å²) in [7, 11) is 3.89. The van der Waals surface area contributed by atoms with E-state index < -0.39 is 0 Å². The van der Waals surface area contributed by atoms with Crippen molar-refractivity contribution in [1.29, 1.82) is 0 Å². The predicted molar refractivity (Wildman–Crippen MR) is 52.8 cm³/mol. The number of likely N-dealkylation sites (N-methyl/N-ethyl adjacent to an activating group) is 1. The van der Waals surface area contributed by atoms with Gasteiger partial charge in [0.05, 0.1) is 6.54 Å². The molecule has 0 radical (unpaired) electrons. The zero-order valence-electron chi connectivity index (χ0n) is 8.11. The van der Waals surface area contributed by atoms with Gasteiger partial charge in [-0.1, -0.05) is 4.68 Å². The molecule has 4 nitrogen and oxygen atoms in total. The van der Waals surface area contributed by atoms with Gasteiger partial charge in [0, 0.05) is 19.1 Å². The van der Waals surface area contributed by atoms with Crippen molar-refractivity contribution in [2.75, 3.05) is 25.0 Å². The van der Waals surface area contributed by atoms with Crippen LogP contribution in [0.1, 0.15) is 5.01 Å². The third kappa shape index (κ3) is 2.39. The molecule has 0 amide bonds. The third-order valence-electron chi connectivity index (χ3n) is 1.80. The van der Waals surface area contributed by atoms with Gasteiger partial charge in [-0.3, -0.25) is 0 Å². The van der Waals surface area contributed by atoms with E-state index >= 15 is 0 Å². The van der Waals surface area contributed by atoms with Gasteiger partial charge in [0.15, 0.2) is 7.05 Å². The Morgan fingerprint density at radius 2 is 2.38 bits per heavy atom. The van der Waals surface area contributed by atoms with Gasteiger partial charge in [-0.15, -0.1) is 0 Å². The molecule has 70 valence electrons. The molecule has 0 spiro atoms. The molecule has 0 saturated heterocycles. The second kappa shape index (κ2) is 4.19. The molecule has 1 rings (SSSR count). The van der Waals surface area contributed by atoms with Crippen LogP contribution in [0.15, 0.2) is 0 Å². The molecule has 0 atom stereocenters. The van der Waals surface area contributed by atoms with E-state index in [1.54, 1.807) is 11.3 Å². The van der Waals surface area contributed by atoms with Gasteiger partial charge in [-0.25, -0.2) is 6.57 Å². The molecule has 0 N–H and O–H groups in total. The van der Waals surface area contributed by atoms with Gasteiger partial charge < -0.3 is 9.74 Å². The summed E-state index contributed by atoms with van der Waals surface area (Å²) in [6.45, 7) is 9.99. The van der Waals surface area contributed by atoms with Gasteiger partial charge in [-0.2, -0.15) is 0 Å². The molecule has 1 aromatic heterocycles. The number of hydrogen-bond donors (Lipinski definition) is 0. The monoisotopic (exact) mass is 197 g/mol. The summed E-state index contributed by atoms with van der Waals surface area (Å²) in [4.78, 5) is 5.32. The van der Waals surface area contributed by atoms with Gasteiger partial charge in [0.2, 0.25) is 6.54 Å². The van der Waals surface area contributed by atoms with Crippen LogP contribution in [0, 0.1) is 13.5 Å². The van der Waals surface area contributed by atoms with Crippen LogP contribution in [0.4, 0.5) is 5.13 Å². The zero-order valence-corrected chi connectivity index (χ0v) is 8.93. The second-order valence-corrected chi connectivity index (χ2v) is 3.99. The van der Waals surface area contributed by atoms with E-state index in [1.165, 1.54) is 5.01 Å². The lowest BCUT2D eigenvalue weighted by Gasteiger charge is -2.08. The Labute approximate surface area is 82.2 Å². The van der Waals surface area contributed by atoms with Crippen molar-refractivity contribution < 1.29 is 4.68 Å². The van der Waals surface area contributed by atoms with Gasteiger partial charge in [-0.05, 0) is 11.3 Å². The van der Waals surface area contributed by atoms with E-state index in [0.29, 0.717) is 6.54 Å². The molecular formula is C8H13N4S+. The SMILES string of the molecule is [C-]#[N+]CCN(C)c1n[n+](C)c(C)s1. The Morgan fingerprint density at radius 1 is 1.69 bits per heavy atom. The van der Waals surface area contributed by atoms with Crippen LogP contribution in [0.5, 0.6) is 0 Å². The van der Waals surface area contributed by atoms with Crippen LogP contribution in [0.25, 0.3) is 4.85 Å². The molecule has 5 heteroatoms. The number of hydrogen-bond acceptors (Lipinski definition) is 3. The maximum Gasteiger partial charge on any atom is 0.263 e. The maximum absolute atomic E-state index is 6.68. The smallest absolute Gasteiger partial charge is 0.263 e. The van der Waals surface area contributed by atoms with E-state index in [4.69, 9.17) is 6.57 Å². The van der Waals surface area contributed by atoms with Crippen LogP contribution < -0.4 is 9.58 Å². The number of nitrogens with zero attached hydrogens (tertiary/aromatic N) is 4. The summed E-state index contributed by atoms with van der Waals surface area (Å²) in [6, 6.07) is 0. The number of aromatic nitrogens is 2. The van der Waals surface area contributed by atoms with E-state index in [9.17, 15) is 0 Å². The molecule has 0 bridgehead atoms. The number of rotatable bonds is 3. The summed E-state index contributed by atoms with van der Waals surface area (Å²) < 4.78 is 1.86. The maximum atomic E-state index is 6.68. The van der Waals surface area contributed by atoms with E-state index in [1.807, 2.05) is 30.6 Å². The highest BCUT2D eigenvalue weighted by molar-refractivity contribution is 7.14. The molecule has 0 aromatic carbocycles. The Bertz CT molecular complexity index is 306. The summed E-state index contributed by atoms with van der Waals surface area (Å²) >= 11 is 1.65. The molecule has 0 saturated carbocycles. The van der Waals surface area contributed by atoms with Crippen LogP contribution in [0.2, 0.25) is 0 Å². The molecule has 1 aromatic rings.